The highest BCUT2D eigenvalue weighted by Gasteiger charge is 2.31. The van der Waals surface area contributed by atoms with E-state index in [4.69, 9.17) is 4.42 Å². The van der Waals surface area contributed by atoms with E-state index >= 15 is 0 Å². The molecule has 0 aliphatic heterocycles. The van der Waals surface area contributed by atoms with Crippen LogP contribution >= 0.6 is 0 Å². The summed E-state index contributed by atoms with van der Waals surface area (Å²) in [7, 11) is 0. The summed E-state index contributed by atoms with van der Waals surface area (Å²) in [6, 6.07) is 6.12. The average Bonchev–Trinajstić information content (AvgIpc) is 2.58. The molecular formula is C20H19F3O3. The first-order valence-corrected chi connectivity index (χ1v) is 8.61. The summed E-state index contributed by atoms with van der Waals surface area (Å²) in [6.45, 7) is 2.11. The van der Waals surface area contributed by atoms with Crippen molar-refractivity contribution >= 4 is 21.7 Å². The Balaban J connectivity index is 2.13. The number of aromatic hydroxyl groups is 1. The van der Waals surface area contributed by atoms with Crippen molar-refractivity contribution < 1.29 is 22.7 Å². The molecule has 0 unspecified atom stereocenters. The predicted octanol–water partition coefficient (Wildman–Crippen LogP) is 5.79. The van der Waals surface area contributed by atoms with Gasteiger partial charge in [0.25, 0.3) is 0 Å². The van der Waals surface area contributed by atoms with Gasteiger partial charge in [-0.25, -0.2) is 4.79 Å². The molecule has 0 saturated heterocycles. The highest BCUT2D eigenvalue weighted by Crippen LogP contribution is 2.34. The fourth-order valence-electron chi connectivity index (χ4n) is 3.13. The Morgan fingerprint density at radius 1 is 1.00 bits per heavy atom. The first-order valence-electron chi connectivity index (χ1n) is 8.61. The lowest BCUT2D eigenvalue weighted by Gasteiger charge is -2.10. The molecule has 1 aromatic heterocycles. The van der Waals surface area contributed by atoms with Crippen LogP contribution in [0.3, 0.4) is 0 Å². The number of benzene rings is 2. The van der Waals surface area contributed by atoms with Crippen molar-refractivity contribution in [2.24, 2.45) is 0 Å². The van der Waals surface area contributed by atoms with Crippen LogP contribution < -0.4 is 5.63 Å². The lowest BCUT2D eigenvalue weighted by Crippen LogP contribution is -2.07. The summed E-state index contributed by atoms with van der Waals surface area (Å²) in [5.74, 6) is 0.0309. The van der Waals surface area contributed by atoms with Gasteiger partial charge >= 0.3 is 11.8 Å². The number of unbranched alkanes of at least 4 members (excludes halogenated alkanes) is 3. The molecule has 138 valence electrons. The lowest BCUT2D eigenvalue weighted by atomic mass is 9.99. The van der Waals surface area contributed by atoms with E-state index in [9.17, 15) is 23.1 Å². The fraction of sp³-hybridized carbons (Fsp3) is 0.350. The van der Waals surface area contributed by atoms with Crippen molar-refractivity contribution in [3.63, 3.8) is 0 Å². The second kappa shape index (κ2) is 7.02. The van der Waals surface area contributed by atoms with Crippen molar-refractivity contribution in [2.45, 2.75) is 45.2 Å². The third-order valence-electron chi connectivity index (χ3n) is 4.54. The van der Waals surface area contributed by atoms with Gasteiger partial charge in [-0.3, -0.25) is 0 Å². The number of hydrogen-bond donors (Lipinski definition) is 1. The van der Waals surface area contributed by atoms with Gasteiger partial charge in [-0.15, -0.1) is 0 Å². The van der Waals surface area contributed by atoms with Gasteiger partial charge in [0.15, 0.2) is 0 Å². The molecule has 0 radical (unpaired) electrons. The molecule has 0 aliphatic rings. The number of phenols is 1. The number of phenolic OH excluding ortho intramolecular Hbond substituents is 1. The Morgan fingerprint density at radius 3 is 2.46 bits per heavy atom. The number of halogens is 3. The molecule has 0 saturated carbocycles. The van der Waals surface area contributed by atoms with Crippen molar-refractivity contribution in [1.82, 2.24) is 0 Å². The van der Waals surface area contributed by atoms with E-state index in [0.717, 1.165) is 37.8 Å². The lowest BCUT2D eigenvalue weighted by molar-refractivity contribution is -0.137. The molecule has 0 atom stereocenters. The topological polar surface area (TPSA) is 50.4 Å². The molecule has 0 bridgehead atoms. The Morgan fingerprint density at radius 2 is 1.77 bits per heavy atom. The quantitative estimate of drug-likeness (QED) is 0.354. The molecule has 6 heteroatoms. The van der Waals surface area contributed by atoms with Gasteiger partial charge in [0.1, 0.15) is 11.3 Å². The minimum atomic E-state index is -4.53. The first-order chi connectivity index (χ1) is 12.3. The van der Waals surface area contributed by atoms with E-state index < -0.39 is 17.4 Å². The van der Waals surface area contributed by atoms with Gasteiger partial charge in [-0.2, -0.15) is 13.2 Å². The van der Waals surface area contributed by atoms with Gasteiger partial charge in [-0.1, -0.05) is 32.3 Å². The van der Waals surface area contributed by atoms with Gasteiger partial charge in [0, 0.05) is 11.5 Å². The van der Waals surface area contributed by atoms with Crippen LogP contribution in [0.25, 0.3) is 21.7 Å². The van der Waals surface area contributed by atoms with E-state index in [1.807, 2.05) is 0 Å². The third kappa shape index (κ3) is 3.54. The largest absolute Gasteiger partial charge is 0.508 e. The highest BCUT2D eigenvalue weighted by molar-refractivity contribution is 6.05. The maximum atomic E-state index is 12.9. The molecule has 0 aliphatic carbocycles. The molecule has 3 aromatic rings. The van der Waals surface area contributed by atoms with Crippen LogP contribution in [0.15, 0.2) is 39.5 Å². The zero-order chi connectivity index (χ0) is 18.9. The number of fused-ring (bicyclic) bond motifs is 3. The summed E-state index contributed by atoms with van der Waals surface area (Å²) in [5.41, 5.74) is -0.885. The zero-order valence-electron chi connectivity index (χ0n) is 14.3. The minimum absolute atomic E-state index is 0.0309. The first kappa shape index (κ1) is 18.3. The fourth-order valence-corrected chi connectivity index (χ4v) is 3.13. The number of rotatable bonds is 5. The highest BCUT2D eigenvalue weighted by atomic mass is 19.4. The minimum Gasteiger partial charge on any atom is -0.508 e. The monoisotopic (exact) mass is 364 g/mol. The van der Waals surface area contributed by atoms with Crippen LogP contribution in [0, 0.1) is 0 Å². The Labute approximate surface area is 148 Å². The van der Waals surface area contributed by atoms with Gasteiger partial charge < -0.3 is 9.52 Å². The molecule has 3 nitrogen and oxygen atoms in total. The van der Waals surface area contributed by atoms with Crippen molar-refractivity contribution in [1.29, 1.82) is 0 Å². The smallest absolute Gasteiger partial charge is 0.416 e. The van der Waals surface area contributed by atoms with E-state index in [1.54, 1.807) is 6.07 Å². The Kier molecular flexibility index (Phi) is 4.94. The Bertz CT molecular complexity index is 1000. The number of hydrogen-bond acceptors (Lipinski definition) is 3. The second-order valence-electron chi connectivity index (χ2n) is 6.44. The second-order valence-corrected chi connectivity index (χ2v) is 6.44. The van der Waals surface area contributed by atoms with E-state index in [2.05, 4.69) is 6.92 Å². The molecular weight excluding hydrogens is 345 g/mol. The van der Waals surface area contributed by atoms with E-state index in [-0.39, 0.29) is 16.7 Å². The van der Waals surface area contributed by atoms with Crippen LogP contribution in [0.4, 0.5) is 13.2 Å². The van der Waals surface area contributed by atoms with Crippen LogP contribution in [-0.4, -0.2) is 5.11 Å². The predicted molar refractivity (Wildman–Crippen MR) is 94.5 cm³/mol. The maximum Gasteiger partial charge on any atom is 0.416 e. The summed E-state index contributed by atoms with van der Waals surface area (Å²) in [4.78, 5) is 12.1. The van der Waals surface area contributed by atoms with Crippen LogP contribution in [0.1, 0.15) is 43.7 Å². The summed E-state index contributed by atoms with van der Waals surface area (Å²) >= 11 is 0. The molecule has 0 spiro atoms. The van der Waals surface area contributed by atoms with Crippen LogP contribution in [-0.2, 0) is 12.6 Å². The van der Waals surface area contributed by atoms with E-state index in [1.165, 1.54) is 12.1 Å². The molecule has 2 aromatic carbocycles. The number of alkyl halides is 3. The summed E-state index contributed by atoms with van der Waals surface area (Å²) in [6.07, 6.45) is 0.263. The number of aryl methyl sites for hydroxylation is 1. The third-order valence-corrected chi connectivity index (χ3v) is 4.54. The van der Waals surface area contributed by atoms with Gasteiger partial charge in [-0.05, 0) is 42.0 Å². The molecule has 3 rings (SSSR count). The van der Waals surface area contributed by atoms with Crippen LogP contribution in [0.5, 0.6) is 5.75 Å². The average molecular weight is 364 g/mol. The standard InChI is InChI=1S/C20H19F3O3/c1-2-3-4-5-6-12-9-15-14-8-7-13(20(21,22)23)10-16(14)19(25)26-18(15)11-17(12)24/h7-11,24H,2-6H2,1H3. The molecule has 1 heterocycles. The maximum absolute atomic E-state index is 12.9. The molecule has 26 heavy (non-hydrogen) atoms. The molecule has 0 fully saturated rings. The van der Waals surface area contributed by atoms with Gasteiger partial charge in [0.05, 0.1) is 10.9 Å². The summed E-state index contributed by atoms with van der Waals surface area (Å²) < 4.78 is 43.9. The van der Waals surface area contributed by atoms with Gasteiger partial charge in [0.2, 0.25) is 0 Å². The SMILES string of the molecule is CCCCCCc1cc2c(cc1O)oc(=O)c1cc(C(F)(F)F)ccc12. The van der Waals surface area contributed by atoms with Crippen molar-refractivity contribution in [3.8, 4) is 5.75 Å². The van der Waals surface area contributed by atoms with Crippen molar-refractivity contribution in [3.05, 3.63) is 51.9 Å². The molecule has 0 amide bonds. The summed E-state index contributed by atoms with van der Waals surface area (Å²) in [5, 5.41) is 11.0. The van der Waals surface area contributed by atoms with E-state index in [0.29, 0.717) is 22.8 Å². The molecule has 1 N–H and O–H groups in total. The normalized spacial score (nSPS) is 12.2. The zero-order valence-corrected chi connectivity index (χ0v) is 14.3. The van der Waals surface area contributed by atoms with Crippen molar-refractivity contribution in [2.75, 3.05) is 0 Å². The Hall–Kier alpha value is -2.50. The van der Waals surface area contributed by atoms with Crippen LogP contribution in [0.2, 0.25) is 0 Å².